The summed E-state index contributed by atoms with van der Waals surface area (Å²) in [5.74, 6) is 0. The lowest BCUT2D eigenvalue weighted by Gasteiger charge is -2.25. The maximum Gasteiger partial charge on any atom is 0.0823 e. The van der Waals surface area contributed by atoms with E-state index in [9.17, 15) is 0 Å². The third-order valence-electron chi connectivity index (χ3n) is 3.35. The maximum atomic E-state index is 6.21. The van der Waals surface area contributed by atoms with Crippen molar-refractivity contribution in [2.75, 3.05) is 0 Å². The molecule has 2 rings (SSSR count). The van der Waals surface area contributed by atoms with E-state index in [1.165, 1.54) is 0 Å². The molecule has 0 bridgehead atoms. The normalized spacial score (nSPS) is 31.1. The molecule has 4 heteroatoms. The Morgan fingerprint density at radius 2 is 2.40 bits per heavy atom. The molecular formula is C11H16Cl2N2. The quantitative estimate of drug-likeness (QED) is 0.730. The van der Waals surface area contributed by atoms with Crippen LogP contribution in [0.3, 0.4) is 0 Å². The molecule has 1 aromatic heterocycles. The number of aryl methyl sites for hydroxylation is 1. The molecule has 0 N–H and O–H groups in total. The van der Waals surface area contributed by atoms with Crippen LogP contribution in [0.15, 0.2) is 6.20 Å². The Morgan fingerprint density at radius 3 is 2.93 bits per heavy atom. The first-order chi connectivity index (χ1) is 7.07. The number of rotatable bonds is 2. The van der Waals surface area contributed by atoms with Gasteiger partial charge in [0.1, 0.15) is 0 Å². The van der Waals surface area contributed by atoms with E-state index in [-0.39, 0.29) is 10.8 Å². The summed E-state index contributed by atoms with van der Waals surface area (Å²) < 4.78 is 2.00. The topological polar surface area (TPSA) is 17.8 Å². The van der Waals surface area contributed by atoms with Gasteiger partial charge in [-0.1, -0.05) is 18.5 Å². The van der Waals surface area contributed by atoms with E-state index in [0.29, 0.717) is 0 Å². The van der Waals surface area contributed by atoms with Crippen LogP contribution in [0, 0.1) is 0 Å². The molecule has 0 amide bonds. The van der Waals surface area contributed by atoms with Gasteiger partial charge in [-0.25, -0.2) is 0 Å². The number of hydrogen-bond donors (Lipinski definition) is 0. The predicted octanol–water partition coefficient (Wildman–Crippen LogP) is 3.61. The van der Waals surface area contributed by atoms with Gasteiger partial charge in [0.15, 0.2) is 0 Å². The van der Waals surface area contributed by atoms with Crippen LogP contribution in [0.5, 0.6) is 0 Å². The molecule has 1 aromatic rings. The highest BCUT2D eigenvalue weighted by Gasteiger charge is 2.39. The van der Waals surface area contributed by atoms with E-state index in [2.05, 4.69) is 18.9 Å². The van der Waals surface area contributed by atoms with Crippen molar-refractivity contribution in [3.05, 3.63) is 16.9 Å². The van der Waals surface area contributed by atoms with Gasteiger partial charge in [-0.05, 0) is 26.2 Å². The van der Waals surface area contributed by atoms with Crippen molar-refractivity contribution in [1.29, 1.82) is 0 Å². The van der Waals surface area contributed by atoms with E-state index in [4.69, 9.17) is 23.2 Å². The zero-order chi connectivity index (χ0) is 11.1. The number of aromatic nitrogens is 2. The van der Waals surface area contributed by atoms with Crippen molar-refractivity contribution in [2.45, 2.75) is 50.4 Å². The minimum Gasteiger partial charge on any atom is -0.268 e. The minimum absolute atomic E-state index is 0.107. The molecule has 0 radical (unpaired) electrons. The lowest BCUT2D eigenvalue weighted by Crippen LogP contribution is -2.23. The van der Waals surface area contributed by atoms with Gasteiger partial charge in [0.25, 0.3) is 0 Å². The van der Waals surface area contributed by atoms with Crippen molar-refractivity contribution >= 4 is 23.2 Å². The van der Waals surface area contributed by atoms with Gasteiger partial charge in [0.2, 0.25) is 0 Å². The Kier molecular flexibility index (Phi) is 3.00. The highest BCUT2D eigenvalue weighted by molar-refractivity contribution is 6.31. The molecule has 1 fully saturated rings. The highest BCUT2D eigenvalue weighted by Crippen LogP contribution is 2.45. The van der Waals surface area contributed by atoms with Crippen LogP contribution in [0.4, 0.5) is 0 Å². The Labute approximate surface area is 101 Å². The molecule has 1 saturated carbocycles. The van der Waals surface area contributed by atoms with Gasteiger partial charge >= 0.3 is 0 Å². The number of alkyl halides is 1. The predicted molar refractivity (Wildman–Crippen MR) is 63.8 cm³/mol. The van der Waals surface area contributed by atoms with Crippen LogP contribution in [-0.4, -0.2) is 15.2 Å². The fraction of sp³-hybridized carbons (Fsp3) is 0.727. The van der Waals surface area contributed by atoms with E-state index < -0.39 is 0 Å². The minimum atomic E-state index is 0.107. The molecule has 84 valence electrons. The summed E-state index contributed by atoms with van der Waals surface area (Å²) in [7, 11) is 0. The average Bonchev–Trinajstić information content (AvgIpc) is 2.71. The van der Waals surface area contributed by atoms with Gasteiger partial charge in [0.05, 0.1) is 16.9 Å². The smallest absolute Gasteiger partial charge is 0.0823 e. The standard InChI is InChI=1S/C11H16Cl2N2/c1-3-15-10(9(13)7-14-15)11(2)5-4-8(12)6-11/h7-8H,3-6H2,1-2H3. The monoisotopic (exact) mass is 246 g/mol. The van der Waals surface area contributed by atoms with Gasteiger partial charge in [0, 0.05) is 17.3 Å². The van der Waals surface area contributed by atoms with Crippen molar-refractivity contribution in [1.82, 2.24) is 9.78 Å². The molecule has 0 aromatic carbocycles. The molecule has 2 unspecified atom stereocenters. The molecule has 0 spiro atoms. The summed E-state index contributed by atoms with van der Waals surface area (Å²) in [5, 5.41) is 5.36. The Morgan fingerprint density at radius 1 is 1.67 bits per heavy atom. The molecule has 1 aliphatic rings. The summed E-state index contributed by atoms with van der Waals surface area (Å²) >= 11 is 12.4. The first-order valence-corrected chi connectivity index (χ1v) is 6.24. The molecule has 0 aliphatic heterocycles. The van der Waals surface area contributed by atoms with E-state index in [1.807, 2.05) is 4.68 Å². The zero-order valence-electron chi connectivity index (χ0n) is 9.13. The second-order valence-electron chi connectivity index (χ2n) is 4.56. The van der Waals surface area contributed by atoms with Gasteiger partial charge in [-0.15, -0.1) is 11.6 Å². The van der Waals surface area contributed by atoms with Crippen LogP contribution in [-0.2, 0) is 12.0 Å². The van der Waals surface area contributed by atoms with Crippen molar-refractivity contribution in [2.24, 2.45) is 0 Å². The molecule has 1 heterocycles. The SMILES string of the molecule is CCn1ncc(Cl)c1C1(C)CCC(Cl)C1. The van der Waals surface area contributed by atoms with Gasteiger partial charge < -0.3 is 0 Å². The van der Waals surface area contributed by atoms with Crippen molar-refractivity contribution < 1.29 is 0 Å². The van der Waals surface area contributed by atoms with Gasteiger partial charge in [-0.2, -0.15) is 5.10 Å². The van der Waals surface area contributed by atoms with Crippen LogP contribution in [0.25, 0.3) is 0 Å². The summed E-state index contributed by atoms with van der Waals surface area (Å²) in [5.41, 5.74) is 1.27. The zero-order valence-corrected chi connectivity index (χ0v) is 10.6. The van der Waals surface area contributed by atoms with E-state index in [1.54, 1.807) is 6.20 Å². The Bertz CT molecular complexity index is 361. The Balaban J connectivity index is 2.39. The summed E-state index contributed by atoms with van der Waals surface area (Å²) in [6, 6.07) is 0. The molecule has 2 nitrogen and oxygen atoms in total. The first-order valence-electron chi connectivity index (χ1n) is 5.42. The number of halogens is 2. The summed E-state index contributed by atoms with van der Waals surface area (Å²) in [4.78, 5) is 0. The third-order valence-corrected chi connectivity index (χ3v) is 4.00. The largest absolute Gasteiger partial charge is 0.268 e. The molecule has 2 atom stereocenters. The molecule has 1 aliphatic carbocycles. The molecule has 15 heavy (non-hydrogen) atoms. The van der Waals surface area contributed by atoms with Gasteiger partial charge in [-0.3, -0.25) is 4.68 Å². The van der Waals surface area contributed by atoms with Crippen LogP contribution in [0.2, 0.25) is 5.02 Å². The number of hydrogen-bond acceptors (Lipinski definition) is 1. The van der Waals surface area contributed by atoms with E-state index >= 15 is 0 Å². The van der Waals surface area contributed by atoms with Crippen molar-refractivity contribution in [3.8, 4) is 0 Å². The lowest BCUT2D eigenvalue weighted by atomic mass is 9.85. The van der Waals surface area contributed by atoms with Crippen LogP contribution >= 0.6 is 23.2 Å². The van der Waals surface area contributed by atoms with Crippen LogP contribution in [0.1, 0.15) is 38.8 Å². The highest BCUT2D eigenvalue weighted by atomic mass is 35.5. The van der Waals surface area contributed by atoms with Crippen molar-refractivity contribution in [3.63, 3.8) is 0 Å². The summed E-state index contributed by atoms with van der Waals surface area (Å²) in [6.45, 7) is 5.19. The fourth-order valence-electron chi connectivity index (χ4n) is 2.59. The van der Waals surface area contributed by atoms with E-state index in [0.717, 1.165) is 36.5 Å². The number of nitrogens with zero attached hydrogens (tertiary/aromatic N) is 2. The molecular weight excluding hydrogens is 231 g/mol. The second kappa shape index (κ2) is 3.99. The van der Waals surface area contributed by atoms with Crippen LogP contribution < -0.4 is 0 Å². The average molecular weight is 247 g/mol. The fourth-order valence-corrected chi connectivity index (χ4v) is 3.40. The third kappa shape index (κ3) is 1.90. The maximum absolute atomic E-state index is 6.21. The summed E-state index contributed by atoms with van der Waals surface area (Å²) in [6.07, 6.45) is 4.92. The Hall–Kier alpha value is -0.210. The second-order valence-corrected chi connectivity index (χ2v) is 5.58. The first kappa shape index (κ1) is 11.3. The molecule has 0 saturated heterocycles. The lowest BCUT2D eigenvalue weighted by molar-refractivity contribution is 0.435.